The lowest BCUT2D eigenvalue weighted by atomic mass is 10.2. The SMILES string of the molecule is COc1cc(CCl)c(OC(F)(F)F)nc1CC#N. The van der Waals surface area contributed by atoms with E-state index in [0.29, 0.717) is 0 Å². The van der Waals surface area contributed by atoms with Crippen LogP contribution < -0.4 is 9.47 Å². The Labute approximate surface area is 106 Å². The Balaban J connectivity index is 3.23. The molecular weight excluding hydrogens is 273 g/mol. The van der Waals surface area contributed by atoms with Gasteiger partial charge in [0.05, 0.1) is 25.5 Å². The van der Waals surface area contributed by atoms with Crippen LogP contribution in [0.5, 0.6) is 11.6 Å². The highest BCUT2D eigenvalue weighted by atomic mass is 35.5. The Morgan fingerprint density at radius 1 is 1.50 bits per heavy atom. The van der Waals surface area contributed by atoms with Crippen molar-refractivity contribution >= 4 is 11.6 Å². The van der Waals surface area contributed by atoms with Gasteiger partial charge in [-0.15, -0.1) is 24.8 Å². The molecule has 0 amide bonds. The maximum Gasteiger partial charge on any atom is 0.574 e. The predicted molar refractivity (Wildman–Crippen MR) is 56.3 cm³/mol. The van der Waals surface area contributed by atoms with E-state index in [4.69, 9.17) is 21.6 Å². The Morgan fingerprint density at radius 2 is 2.17 bits per heavy atom. The van der Waals surface area contributed by atoms with Gasteiger partial charge in [-0.3, -0.25) is 0 Å². The van der Waals surface area contributed by atoms with E-state index >= 15 is 0 Å². The van der Waals surface area contributed by atoms with E-state index in [9.17, 15) is 13.2 Å². The molecule has 0 spiro atoms. The summed E-state index contributed by atoms with van der Waals surface area (Å²) in [6.07, 6.45) is -5.06. The van der Waals surface area contributed by atoms with Crippen LogP contribution in [0.1, 0.15) is 11.3 Å². The van der Waals surface area contributed by atoms with Crippen molar-refractivity contribution in [1.82, 2.24) is 4.98 Å². The second-order valence-corrected chi connectivity index (χ2v) is 3.39. The van der Waals surface area contributed by atoms with Gasteiger partial charge in [0.25, 0.3) is 0 Å². The standard InChI is InChI=1S/C10H8ClF3N2O2/c1-17-8-4-6(5-11)9(18-10(12,13)14)16-7(8)2-3-15/h4H,2,5H2,1H3. The van der Waals surface area contributed by atoms with Crippen molar-refractivity contribution < 1.29 is 22.6 Å². The number of nitrogens with zero attached hydrogens (tertiary/aromatic N) is 2. The summed E-state index contributed by atoms with van der Waals surface area (Å²) in [5.41, 5.74) is 0.0978. The second kappa shape index (κ2) is 5.78. The van der Waals surface area contributed by atoms with Crippen LogP contribution in [-0.2, 0) is 12.3 Å². The van der Waals surface area contributed by atoms with E-state index in [0.717, 1.165) is 0 Å². The average molecular weight is 281 g/mol. The van der Waals surface area contributed by atoms with E-state index in [1.54, 1.807) is 6.07 Å². The Hall–Kier alpha value is -1.68. The number of rotatable bonds is 4. The van der Waals surface area contributed by atoms with Crippen molar-refractivity contribution in [2.75, 3.05) is 7.11 Å². The van der Waals surface area contributed by atoms with E-state index in [1.807, 2.05) is 0 Å². The molecule has 1 aromatic heterocycles. The van der Waals surface area contributed by atoms with Gasteiger partial charge in [-0.05, 0) is 6.07 Å². The number of pyridine rings is 1. The molecule has 0 unspecified atom stereocenters. The summed E-state index contributed by atoms with van der Waals surface area (Å²) in [5.74, 6) is -0.688. The van der Waals surface area contributed by atoms with E-state index < -0.39 is 12.2 Å². The monoisotopic (exact) mass is 280 g/mol. The highest BCUT2D eigenvalue weighted by molar-refractivity contribution is 6.17. The molecule has 18 heavy (non-hydrogen) atoms. The summed E-state index contributed by atoms with van der Waals surface area (Å²) in [6, 6.07) is 3.05. The van der Waals surface area contributed by atoms with Crippen molar-refractivity contribution in [2.24, 2.45) is 0 Å². The number of nitriles is 1. The van der Waals surface area contributed by atoms with Gasteiger partial charge in [0.1, 0.15) is 11.4 Å². The molecule has 0 fully saturated rings. The highest BCUT2D eigenvalue weighted by Crippen LogP contribution is 2.30. The smallest absolute Gasteiger partial charge is 0.495 e. The third-order valence-electron chi connectivity index (χ3n) is 1.92. The van der Waals surface area contributed by atoms with E-state index in [1.165, 1.54) is 13.2 Å². The fraction of sp³-hybridized carbons (Fsp3) is 0.400. The second-order valence-electron chi connectivity index (χ2n) is 3.12. The highest BCUT2D eigenvalue weighted by Gasteiger charge is 2.33. The Bertz CT molecular complexity index is 471. The number of aromatic nitrogens is 1. The molecule has 0 aliphatic carbocycles. The molecule has 0 aromatic carbocycles. The minimum Gasteiger partial charge on any atom is -0.495 e. The maximum absolute atomic E-state index is 12.2. The number of hydrogen-bond acceptors (Lipinski definition) is 4. The number of ether oxygens (including phenoxy) is 2. The third-order valence-corrected chi connectivity index (χ3v) is 2.21. The summed E-state index contributed by atoms with van der Waals surface area (Å²) in [4.78, 5) is 3.62. The molecule has 0 saturated carbocycles. The van der Waals surface area contributed by atoms with Crippen LogP contribution in [0.4, 0.5) is 13.2 Å². The lowest BCUT2D eigenvalue weighted by Gasteiger charge is -2.14. The molecule has 0 N–H and O–H groups in total. The molecule has 0 atom stereocenters. The predicted octanol–water partition coefficient (Wildman–Crippen LogP) is 2.79. The number of alkyl halides is 4. The fourth-order valence-electron chi connectivity index (χ4n) is 1.22. The van der Waals surface area contributed by atoms with E-state index in [2.05, 4.69) is 9.72 Å². The third kappa shape index (κ3) is 3.67. The summed E-state index contributed by atoms with van der Waals surface area (Å²) in [7, 11) is 1.32. The van der Waals surface area contributed by atoms with Crippen LogP contribution in [-0.4, -0.2) is 18.5 Å². The van der Waals surface area contributed by atoms with Crippen LogP contribution in [0, 0.1) is 11.3 Å². The van der Waals surface area contributed by atoms with Gasteiger partial charge >= 0.3 is 6.36 Å². The van der Waals surface area contributed by atoms with Gasteiger partial charge in [-0.2, -0.15) is 5.26 Å². The molecular formula is C10H8ClF3N2O2. The average Bonchev–Trinajstić information content (AvgIpc) is 2.28. The molecule has 0 radical (unpaired) electrons. The zero-order valence-corrected chi connectivity index (χ0v) is 9.97. The molecule has 8 heteroatoms. The van der Waals surface area contributed by atoms with Gasteiger partial charge in [0.2, 0.25) is 5.88 Å². The minimum atomic E-state index is -4.87. The van der Waals surface area contributed by atoms with Crippen molar-refractivity contribution in [2.45, 2.75) is 18.7 Å². The van der Waals surface area contributed by atoms with Gasteiger partial charge in [-0.1, -0.05) is 0 Å². The fourth-order valence-corrected chi connectivity index (χ4v) is 1.42. The van der Waals surface area contributed by atoms with Crippen molar-refractivity contribution in [3.63, 3.8) is 0 Å². The van der Waals surface area contributed by atoms with Gasteiger partial charge < -0.3 is 9.47 Å². The number of halogens is 4. The molecule has 0 aliphatic heterocycles. The van der Waals surface area contributed by atoms with Crippen LogP contribution >= 0.6 is 11.6 Å². The lowest BCUT2D eigenvalue weighted by Crippen LogP contribution is -2.19. The van der Waals surface area contributed by atoms with Crippen molar-refractivity contribution in [3.05, 3.63) is 17.3 Å². The van der Waals surface area contributed by atoms with Gasteiger partial charge in [-0.25, -0.2) is 4.98 Å². The van der Waals surface area contributed by atoms with Crippen LogP contribution in [0.25, 0.3) is 0 Å². The molecule has 1 aromatic rings. The quantitative estimate of drug-likeness (QED) is 0.796. The molecule has 0 saturated heterocycles. The molecule has 1 rings (SSSR count). The van der Waals surface area contributed by atoms with Crippen molar-refractivity contribution in [1.29, 1.82) is 5.26 Å². The van der Waals surface area contributed by atoms with E-state index in [-0.39, 0.29) is 29.3 Å². The first-order valence-corrected chi connectivity index (χ1v) is 5.20. The molecule has 0 bridgehead atoms. The first-order valence-electron chi connectivity index (χ1n) is 4.66. The van der Waals surface area contributed by atoms with Gasteiger partial charge in [0, 0.05) is 5.56 Å². The minimum absolute atomic E-state index is 0.0348. The molecule has 0 aliphatic rings. The first kappa shape index (κ1) is 14.4. The maximum atomic E-state index is 12.2. The van der Waals surface area contributed by atoms with Crippen LogP contribution in [0.2, 0.25) is 0 Å². The lowest BCUT2D eigenvalue weighted by molar-refractivity contribution is -0.276. The topological polar surface area (TPSA) is 55.1 Å². The molecule has 4 nitrogen and oxygen atoms in total. The summed E-state index contributed by atoms with van der Waals surface area (Å²) >= 11 is 5.51. The Morgan fingerprint density at radius 3 is 2.61 bits per heavy atom. The zero-order chi connectivity index (χ0) is 13.8. The summed E-state index contributed by atoms with van der Waals surface area (Å²) in [5, 5.41) is 8.55. The summed E-state index contributed by atoms with van der Waals surface area (Å²) in [6.45, 7) is 0. The largest absolute Gasteiger partial charge is 0.574 e. The van der Waals surface area contributed by atoms with Crippen LogP contribution in [0.3, 0.4) is 0 Å². The number of methoxy groups -OCH3 is 1. The normalized spacial score (nSPS) is 10.9. The Kier molecular flexibility index (Phi) is 4.62. The number of hydrogen-bond donors (Lipinski definition) is 0. The van der Waals surface area contributed by atoms with Crippen molar-refractivity contribution in [3.8, 4) is 17.7 Å². The van der Waals surface area contributed by atoms with Crippen LogP contribution in [0.15, 0.2) is 6.07 Å². The summed E-state index contributed by atoms with van der Waals surface area (Å²) < 4.78 is 45.1. The first-order chi connectivity index (χ1) is 8.41. The van der Waals surface area contributed by atoms with Gasteiger partial charge in [0.15, 0.2) is 0 Å². The molecule has 98 valence electrons. The molecule has 1 heterocycles. The zero-order valence-electron chi connectivity index (χ0n) is 9.21.